The number of carbonyl (C=O) groups is 1. The van der Waals surface area contributed by atoms with Gasteiger partial charge in [0, 0.05) is 6.54 Å². The van der Waals surface area contributed by atoms with Gasteiger partial charge in [0.25, 0.3) is 0 Å². The van der Waals surface area contributed by atoms with Crippen LogP contribution in [0.2, 0.25) is 0 Å². The van der Waals surface area contributed by atoms with E-state index < -0.39 is 27.8 Å². The highest BCUT2D eigenvalue weighted by molar-refractivity contribution is 7.92. The van der Waals surface area contributed by atoms with E-state index in [1.807, 2.05) is 24.3 Å². The molecule has 0 aliphatic heterocycles. The van der Waals surface area contributed by atoms with Gasteiger partial charge in [0.1, 0.15) is 17.6 Å². The van der Waals surface area contributed by atoms with Crippen LogP contribution in [0.3, 0.4) is 0 Å². The molecule has 0 spiro atoms. The minimum Gasteiger partial charge on any atom is -0.497 e. The Morgan fingerprint density at radius 1 is 1.19 bits per heavy atom. The van der Waals surface area contributed by atoms with Crippen LogP contribution in [0.15, 0.2) is 48.5 Å². The molecular weight excluding hydrogens is 371 g/mol. The topological polar surface area (TPSA) is 75.7 Å². The van der Waals surface area contributed by atoms with E-state index in [9.17, 15) is 17.6 Å². The fourth-order valence-electron chi connectivity index (χ4n) is 2.68. The second-order valence-electron chi connectivity index (χ2n) is 6.08. The number of carbonyl (C=O) groups excluding carboxylic acids is 1. The zero-order valence-corrected chi connectivity index (χ0v) is 16.3. The summed E-state index contributed by atoms with van der Waals surface area (Å²) in [5, 5.41) is 2.70. The third-order valence-electron chi connectivity index (χ3n) is 4.05. The molecule has 2 aromatic carbocycles. The van der Waals surface area contributed by atoms with E-state index in [1.165, 1.54) is 25.1 Å². The Hall–Kier alpha value is -2.61. The van der Waals surface area contributed by atoms with Crippen LogP contribution < -0.4 is 14.4 Å². The number of ether oxygens (including phenoxy) is 1. The molecule has 0 saturated carbocycles. The Morgan fingerprint density at radius 3 is 2.37 bits per heavy atom. The van der Waals surface area contributed by atoms with Gasteiger partial charge < -0.3 is 10.1 Å². The molecule has 1 N–H and O–H groups in total. The lowest BCUT2D eigenvalue weighted by atomic mass is 10.1. The molecule has 1 amide bonds. The van der Waals surface area contributed by atoms with Gasteiger partial charge in [0.05, 0.1) is 19.1 Å². The molecule has 2 aromatic rings. The van der Waals surface area contributed by atoms with Gasteiger partial charge in [-0.2, -0.15) is 0 Å². The number of nitrogens with one attached hydrogen (secondary N) is 1. The molecule has 146 valence electrons. The van der Waals surface area contributed by atoms with Crippen molar-refractivity contribution in [3.63, 3.8) is 0 Å². The molecule has 2 rings (SSSR count). The minimum absolute atomic E-state index is 0.155. The molecule has 0 aromatic heterocycles. The molecule has 0 radical (unpaired) electrons. The second kappa shape index (κ2) is 8.85. The molecule has 1 atom stereocenters. The number of benzene rings is 2. The van der Waals surface area contributed by atoms with Crippen LogP contribution in [0.25, 0.3) is 0 Å². The van der Waals surface area contributed by atoms with Gasteiger partial charge in [0.15, 0.2) is 0 Å². The standard InChI is InChI=1S/C19H23FN2O4S/c1-14(22(27(3,24)25)18-7-5-4-6-17(18)20)19(23)21-13-12-15-8-10-16(26-2)11-9-15/h4-11,14H,12-13H2,1-3H3,(H,21,23). The molecule has 1 unspecified atom stereocenters. The van der Waals surface area contributed by atoms with Gasteiger partial charge >= 0.3 is 0 Å². The van der Waals surface area contributed by atoms with Crippen molar-refractivity contribution in [2.75, 3.05) is 24.2 Å². The smallest absolute Gasteiger partial charge is 0.243 e. The van der Waals surface area contributed by atoms with E-state index in [2.05, 4.69) is 5.32 Å². The van der Waals surface area contributed by atoms with Crippen molar-refractivity contribution in [2.24, 2.45) is 0 Å². The van der Waals surface area contributed by atoms with Crippen molar-refractivity contribution < 1.29 is 22.3 Å². The minimum atomic E-state index is -3.85. The molecule has 0 aliphatic carbocycles. The number of halogens is 1. The molecule has 0 bridgehead atoms. The van der Waals surface area contributed by atoms with Gasteiger partial charge in [-0.25, -0.2) is 12.8 Å². The highest BCUT2D eigenvalue weighted by Gasteiger charge is 2.30. The maximum atomic E-state index is 14.1. The summed E-state index contributed by atoms with van der Waals surface area (Å²) in [5.41, 5.74) is 0.843. The van der Waals surface area contributed by atoms with Gasteiger partial charge in [-0.3, -0.25) is 9.10 Å². The highest BCUT2D eigenvalue weighted by atomic mass is 32.2. The number of rotatable bonds is 8. The maximum Gasteiger partial charge on any atom is 0.243 e. The van der Waals surface area contributed by atoms with Crippen molar-refractivity contribution in [2.45, 2.75) is 19.4 Å². The van der Waals surface area contributed by atoms with E-state index in [1.54, 1.807) is 7.11 Å². The predicted molar refractivity (Wildman–Crippen MR) is 103 cm³/mol. The highest BCUT2D eigenvalue weighted by Crippen LogP contribution is 2.24. The fourth-order valence-corrected chi connectivity index (χ4v) is 3.86. The Kier molecular flexibility index (Phi) is 6.79. The summed E-state index contributed by atoms with van der Waals surface area (Å²) >= 11 is 0. The molecule has 8 heteroatoms. The van der Waals surface area contributed by atoms with Crippen molar-refractivity contribution >= 4 is 21.6 Å². The van der Waals surface area contributed by atoms with Gasteiger partial charge in [-0.15, -0.1) is 0 Å². The molecular formula is C19H23FN2O4S. The first-order chi connectivity index (χ1) is 12.7. The SMILES string of the molecule is COc1ccc(CCNC(=O)C(C)N(c2ccccc2F)S(C)(=O)=O)cc1. The van der Waals surface area contributed by atoms with Crippen LogP contribution in [-0.4, -0.2) is 40.3 Å². The fraction of sp³-hybridized carbons (Fsp3) is 0.316. The summed E-state index contributed by atoms with van der Waals surface area (Å²) in [5.74, 6) is -0.469. The number of sulfonamides is 1. The first-order valence-electron chi connectivity index (χ1n) is 8.38. The summed E-state index contributed by atoms with van der Waals surface area (Å²) < 4.78 is 44.3. The molecule has 0 aliphatic rings. The van der Waals surface area contributed by atoms with Crippen molar-refractivity contribution in [3.05, 3.63) is 59.9 Å². The van der Waals surface area contributed by atoms with E-state index in [0.29, 0.717) is 13.0 Å². The van der Waals surface area contributed by atoms with Gasteiger partial charge in [-0.05, 0) is 43.2 Å². The Morgan fingerprint density at radius 2 is 1.81 bits per heavy atom. The van der Waals surface area contributed by atoms with E-state index in [-0.39, 0.29) is 5.69 Å². The zero-order chi connectivity index (χ0) is 20.0. The number of nitrogens with zero attached hydrogens (tertiary/aromatic N) is 1. The van der Waals surface area contributed by atoms with Crippen molar-refractivity contribution in [1.82, 2.24) is 5.32 Å². The first-order valence-corrected chi connectivity index (χ1v) is 10.2. The molecule has 0 saturated heterocycles. The summed E-state index contributed by atoms with van der Waals surface area (Å²) in [6.07, 6.45) is 1.52. The van der Waals surface area contributed by atoms with Crippen LogP contribution in [0.5, 0.6) is 5.75 Å². The van der Waals surface area contributed by atoms with Crippen LogP contribution in [0.4, 0.5) is 10.1 Å². The first kappa shape index (κ1) is 20.7. The van der Waals surface area contributed by atoms with Crippen molar-refractivity contribution in [1.29, 1.82) is 0 Å². The lowest BCUT2D eigenvalue weighted by Crippen LogP contribution is -2.48. The van der Waals surface area contributed by atoms with Crippen LogP contribution in [-0.2, 0) is 21.2 Å². The monoisotopic (exact) mass is 394 g/mol. The summed E-state index contributed by atoms with van der Waals surface area (Å²) in [7, 11) is -2.27. The normalized spacial score (nSPS) is 12.3. The number of amides is 1. The number of anilines is 1. The lowest BCUT2D eigenvalue weighted by Gasteiger charge is -2.28. The van der Waals surface area contributed by atoms with E-state index in [0.717, 1.165) is 27.9 Å². The average Bonchev–Trinajstić information content (AvgIpc) is 2.63. The lowest BCUT2D eigenvalue weighted by molar-refractivity contribution is -0.121. The van der Waals surface area contributed by atoms with E-state index in [4.69, 9.17) is 4.74 Å². The second-order valence-corrected chi connectivity index (χ2v) is 7.93. The Balaban J connectivity index is 2.05. The number of hydrogen-bond donors (Lipinski definition) is 1. The summed E-state index contributed by atoms with van der Waals surface area (Å²) in [6, 6.07) is 11.8. The maximum absolute atomic E-state index is 14.1. The molecule has 27 heavy (non-hydrogen) atoms. The van der Waals surface area contributed by atoms with Gasteiger partial charge in [-0.1, -0.05) is 24.3 Å². The molecule has 0 heterocycles. The number of methoxy groups -OCH3 is 1. The molecule has 0 fully saturated rings. The zero-order valence-electron chi connectivity index (χ0n) is 15.5. The quantitative estimate of drug-likeness (QED) is 0.746. The Labute approximate surface area is 159 Å². The van der Waals surface area contributed by atoms with Crippen LogP contribution in [0.1, 0.15) is 12.5 Å². The van der Waals surface area contributed by atoms with Crippen molar-refractivity contribution in [3.8, 4) is 5.75 Å². The summed E-state index contributed by atoms with van der Waals surface area (Å²) in [6.45, 7) is 1.75. The van der Waals surface area contributed by atoms with Crippen LogP contribution in [0, 0.1) is 5.82 Å². The van der Waals surface area contributed by atoms with Crippen LogP contribution >= 0.6 is 0 Å². The third kappa shape index (κ3) is 5.43. The summed E-state index contributed by atoms with van der Waals surface area (Å²) in [4.78, 5) is 12.4. The predicted octanol–water partition coefficient (Wildman–Crippen LogP) is 2.35. The average molecular weight is 394 g/mol. The Bertz CT molecular complexity index is 885. The third-order valence-corrected chi connectivity index (χ3v) is 5.28. The number of para-hydroxylation sites is 1. The number of hydrogen-bond acceptors (Lipinski definition) is 4. The van der Waals surface area contributed by atoms with E-state index >= 15 is 0 Å². The largest absolute Gasteiger partial charge is 0.497 e. The van der Waals surface area contributed by atoms with Gasteiger partial charge in [0.2, 0.25) is 15.9 Å². The molecule has 6 nitrogen and oxygen atoms in total.